The molecular weight excluding hydrogens is 338 g/mol. The number of nitrogens with zero attached hydrogens (tertiary/aromatic N) is 1. The Balaban J connectivity index is 2.10. The van der Waals surface area contributed by atoms with E-state index in [0.717, 1.165) is 50.7 Å². The molecule has 0 fully saturated rings. The van der Waals surface area contributed by atoms with Crippen LogP contribution >= 0.6 is 0 Å². The van der Waals surface area contributed by atoms with Crippen LogP contribution in [0, 0.1) is 0 Å². The van der Waals surface area contributed by atoms with Gasteiger partial charge >= 0.3 is 0 Å². The molecule has 138 valence electrons. The van der Waals surface area contributed by atoms with Gasteiger partial charge in [0.05, 0.1) is 12.8 Å². The van der Waals surface area contributed by atoms with Gasteiger partial charge in [-0.05, 0) is 53.4 Å². The van der Waals surface area contributed by atoms with Gasteiger partial charge in [0, 0.05) is 30.1 Å². The number of phenols is 1. The number of aromatic nitrogens is 1. The Kier molecular flexibility index (Phi) is 4.50. The Morgan fingerprint density at radius 1 is 1.00 bits per heavy atom. The molecule has 0 atom stereocenters. The molecule has 1 heterocycles. The summed E-state index contributed by atoms with van der Waals surface area (Å²) in [5.74, 6) is 0.997. The van der Waals surface area contributed by atoms with Crippen LogP contribution in [0.2, 0.25) is 0 Å². The van der Waals surface area contributed by atoms with Crippen molar-refractivity contribution in [3.8, 4) is 22.8 Å². The second-order valence-corrected chi connectivity index (χ2v) is 6.78. The Labute approximate surface area is 158 Å². The molecular formula is C23H23NO3. The minimum Gasteiger partial charge on any atom is -0.507 e. The molecule has 3 aromatic carbocycles. The Bertz CT molecular complexity index is 1130. The lowest BCUT2D eigenvalue weighted by atomic mass is 9.95. The minimum atomic E-state index is 0.137. The molecule has 0 unspecified atom stereocenters. The molecule has 0 aliphatic carbocycles. The number of phenolic OH excluding ortho intramolecular Hbond substituents is 1. The van der Waals surface area contributed by atoms with Gasteiger partial charge in [-0.2, -0.15) is 0 Å². The number of aromatic hydroxyl groups is 1. The average molecular weight is 361 g/mol. The quantitative estimate of drug-likeness (QED) is 0.545. The van der Waals surface area contributed by atoms with Crippen LogP contribution in [0.4, 0.5) is 0 Å². The number of aliphatic hydroxyl groups is 1. The van der Waals surface area contributed by atoms with Gasteiger partial charge < -0.3 is 19.5 Å². The van der Waals surface area contributed by atoms with E-state index in [1.165, 1.54) is 0 Å². The normalized spacial score (nSPS) is 11.4. The summed E-state index contributed by atoms with van der Waals surface area (Å²) >= 11 is 0. The summed E-state index contributed by atoms with van der Waals surface area (Å²) in [6.07, 6.45) is 1.42. The van der Waals surface area contributed by atoms with Crippen molar-refractivity contribution in [1.29, 1.82) is 0 Å². The van der Waals surface area contributed by atoms with E-state index >= 15 is 0 Å². The summed E-state index contributed by atoms with van der Waals surface area (Å²) in [6, 6.07) is 17.8. The van der Waals surface area contributed by atoms with Crippen LogP contribution in [0.1, 0.15) is 12.0 Å². The molecule has 0 spiro atoms. The fraction of sp³-hybridized carbons (Fsp3) is 0.217. The molecule has 4 nitrogen and oxygen atoms in total. The first-order valence-electron chi connectivity index (χ1n) is 9.13. The summed E-state index contributed by atoms with van der Waals surface area (Å²) in [6.45, 7) is 0.137. The summed E-state index contributed by atoms with van der Waals surface area (Å²) < 4.78 is 7.55. The van der Waals surface area contributed by atoms with Crippen LogP contribution in [0.25, 0.3) is 32.9 Å². The number of methoxy groups -OCH3 is 1. The van der Waals surface area contributed by atoms with E-state index in [1.807, 2.05) is 43.4 Å². The largest absolute Gasteiger partial charge is 0.507 e. The maximum absolute atomic E-state index is 10.8. The lowest BCUT2D eigenvalue weighted by Crippen LogP contribution is -1.97. The van der Waals surface area contributed by atoms with Crippen molar-refractivity contribution >= 4 is 21.7 Å². The van der Waals surface area contributed by atoms with Gasteiger partial charge in [-0.3, -0.25) is 0 Å². The highest BCUT2D eigenvalue weighted by Crippen LogP contribution is 2.42. The zero-order valence-electron chi connectivity index (χ0n) is 15.6. The number of aryl methyl sites for hydroxylation is 2. The van der Waals surface area contributed by atoms with Crippen LogP contribution < -0.4 is 4.74 Å². The van der Waals surface area contributed by atoms with Crippen molar-refractivity contribution in [3.63, 3.8) is 0 Å². The van der Waals surface area contributed by atoms with Crippen molar-refractivity contribution < 1.29 is 14.9 Å². The number of hydrogen-bond acceptors (Lipinski definition) is 3. The maximum atomic E-state index is 10.8. The molecule has 0 amide bonds. The van der Waals surface area contributed by atoms with E-state index in [1.54, 1.807) is 13.2 Å². The van der Waals surface area contributed by atoms with E-state index in [9.17, 15) is 10.2 Å². The molecule has 1 aromatic heterocycles. The third-order valence-electron chi connectivity index (χ3n) is 5.24. The predicted octanol–water partition coefficient (Wildman–Crippen LogP) is 4.64. The zero-order valence-corrected chi connectivity index (χ0v) is 15.6. The summed E-state index contributed by atoms with van der Waals surface area (Å²) in [5, 5.41) is 23.4. The van der Waals surface area contributed by atoms with E-state index in [0.29, 0.717) is 6.42 Å². The Morgan fingerprint density at radius 3 is 2.56 bits per heavy atom. The van der Waals surface area contributed by atoms with Crippen molar-refractivity contribution in [2.24, 2.45) is 7.05 Å². The lowest BCUT2D eigenvalue weighted by Gasteiger charge is -2.14. The number of ether oxygens (including phenoxy) is 1. The molecule has 4 rings (SSSR count). The van der Waals surface area contributed by atoms with Gasteiger partial charge in [0.25, 0.3) is 0 Å². The first kappa shape index (κ1) is 17.4. The first-order chi connectivity index (χ1) is 13.2. The summed E-state index contributed by atoms with van der Waals surface area (Å²) in [4.78, 5) is 0. The van der Waals surface area contributed by atoms with E-state index < -0.39 is 0 Å². The van der Waals surface area contributed by atoms with E-state index in [-0.39, 0.29) is 12.4 Å². The van der Waals surface area contributed by atoms with Gasteiger partial charge in [0.15, 0.2) is 0 Å². The standard InChI is InChI=1S/C23H23NO3/c1-24-20-8-4-3-6-17(20)18(7-5-13-25)23(24)22-19-14-16(27-2)11-9-15(19)10-12-21(22)26/h3-4,6,8-12,14,25-26H,5,7,13H2,1-2H3. The van der Waals surface area contributed by atoms with Gasteiger partial charge in [-0.15, -0.1) is 0 Å². The van der Waals surface area contributed by atoms with Crippen LogP contribution in [-0.2, 0) is 13.5 Å². The highest BCUT2D eigenvalue weighted by molar-refractivity contribution is 6.04. The van der Waals surface area contributed by atoms with Crippen molar-refractivity contribution in [2.75, 3.05) is 13.7 Å². The second kappa shape index (κ2) is 6.97. The molecule has 0 saturated heterocycles. The summed E-state index contributed by atoms with van der Waals surface area (Å²) in [5.41, 5.74) is 4.05. The average Bonchev–Trinajstić information content (AvgIpc) is 2.98. The summed E-state index contributed by atoms with van der Waals surface area (Å²) in [7, 11) is 3.67. The molecule has 4 heteroatoms. The minimum absolute atomic E-state index is 0.137. The van der Waals surface area contributed by atoms with E-state index in [2.05, 4.69) is 16.7 Å². The lowest BCUT2D eigenvalue weighted by molar-refractivity contribution is 0.289. The zero-order chi connectivity index (χ0) is 19.0. The van der Waals surface area contributed by atoms with Crippen molar-refractivity contribution in [2.45, 2.75) is 12.8 Å². The Morgan fingerprint density at radius 2 is 1.78 bits per heavy atom. The molecule has 0 bridgehead atoms. The van der Waals surface area contributed by atoms with Crippen LogP contribution in [0.3, 0.4) is 0 Å². The fourth-order valence-electron chi connectivity index (χ4n) is 3.96. The third-order valence-corrected chi connectivity index (χ3v) is 5.24. The third kappa shape index (κ3) is 2.82. The monoisotopic (exact) mass is 361 g/mol. The smallest absolute Gasteiger partial charge is 0.125 e. The molecule has 0 aliphatic rings. The van der Waals surface area contributed by atoms with Crippen molar-refractivity contribution in [3.05, 3.63) is 60.2 Å². The van der Waals surface area contributed by atoms with Crippen molar-refractivity contribution in [1.82, 2.24) is 4.57 Å². The SMILES string of the molecule is COc1ccc2ccc(O)c(-c3c(CCCO)c4ccccc4n3C)c2c1. The number of fused-ring (bicyclic) bond motifs is 2. The topological polar surface area (TPSA) is 54.6 Å². The molecule has 0 saturated carbocycles. The van der Waals surface area contributed by atoms with Gasteiger partial charge in [-0.1, -0.05) is 30.3 Å². The van der Waals surface area contributed by atoms with Gasteiger partial charge in [0.1, 0.15) is 11.5 Å². The maximum Gasteiger partial charge on any atom is 0.125 e. The highest BCUT2D eigenvalue weighted by Gasteiger charge is 2.21. The number of para-hydroxylation sites is 1. The number of hydrogen-bond donors (Lipinski definition) is 2. The van der Waals surface area contributed by atoms with E-state index in [4.69, 9.17) is 4.74 Å². The van der Waals surface area contributed by atoms with Gasteiger partial charge in [-0.25, -0.2) is 0 Å². The fourth-order valence-corrected chi connectivity index (χ4v) is 3.96. The van der Waals surface area contributed by atoms with Crippen LogP contribution in [0.15, 0.2) is 54.6 Å². The second-order valence-electron chi connectivity index (χ2n) is 6.78. The first-order valence-corrected chi connectivity index (χ1v) is 9.13. The molecule has 2 N–H and O–H groups in total. The van der Waals surface area contributed by atoms with Gasteiger partial charge in [0.2, 0.25) is 0 Å². The van der Waals surface area contributed by atoms with Crippen LogP contribution in [0.5, 0.6) is 11.5 Å². The highest BCUT2D eigenvalue weighted by atomic mass is 16.5. The van der Waals surface area contributed by atoms with Crippen LogP contribution in [-0.4, -0.2) is 28.5 Å². The molecule has 0 radical (unpaired) electrons. The number of aliphatic hydroxyl groups excluding tert-OH is 1. The Hall–Kier alpha value is -2.98. The molecule has 0 aliphatic heterocycles. The molecule has 27 heavy (non-hydrogen) atoms. The number of benzene rings is 3. The molecule has 4 aromatic rings. The number of rotatable bonds is 5. The predicted molar refractivity (Wildman–Crippen MR) is 109 cm³/mol.